The van der Waals surface area contributed by atoms with Crippen LogP contribution in [0, 0.1) is 11.6 Å². The third-order valence-corrected chi connectivity index (χ3v) is 3.50. The van der Waals surface area contributed by atoms with E-state index >= 15 is 0 Å². The van der Waals surface area contributed by atoms with Gasteiger partial charge < -0.3 is 20.6 Å². The second-order valence-corrected chi connectivity index (χ2v) is 5.46. The van der Waals surface area contributed by atoms with Crippen molar-refractivity contribution in [2.75, 3.05) is 5.32 Å². The molecule has 2 heterocycles. The number of hydrogen-bond acceptors (Lipinski definition) is 7. The quantitative estimate of drug-likeness (QED) is 0.393. The van der Waals surface area contributed by atoms with Gasteiger partial charge in [0, 0.05) is 36.1 Å². The topological polar surface area (TPSA) is 126 Å². The molecule has 0 aliphatic rings. The average molecular weight is 390 g/mol. The molecule has 0 saturated heterocycles. The van der Waals surface area contributed by atoms with Crippen molar-refractivity contribution in [2.24, 2.45) is 5.73 Å². The SMILES string of the molecule is NC(=O)OC(=O)C(=O)On1ccc2c(NCc3cc(F)cc(F)c3)ccnc21. The number of esters is 1. The number of aromatic nitrogens is 2. The van der Waals surface area contributed by atoms with Crippen LogP contribution in [0.5, 0.6) is 0 Å². The van der Waals surface area contributed by atoms with Crippen molar-refractivity contribution in [3.8, 4) is 0 Å². The zero-order valence-electron chi connectivity index (χ0n) is 14.0. The van der Waals surface area contributed by atoms with Crippen molar-refractivity contribution in [3.05, 3.63) is 59.9 Å². The summed E-state index contributed by atoms with van der Waals surface area (Å²) in [4.78, 5) is 42.2. The Morgan fingerprint density at radius 3 is 2.50 bits per heavy atom. The number of benzene rings is 1. The molecular formula is C17H12F2N4O5. The standard InChI is InChI=1S/C17H12F2N4O5/c18-10-5-9(6-11(19)7-10)8-22-13-1-3-21-14-12(13)2-4-23(14)28-16(25)15(24)27-17(20)26/h1-7H,8H2,(H2,20,26)(H,21,22). The first kappa shape index (κ1) is 18.8. The van der Waals surface area contributed by atoms with E-state index in [0.29, 0.717) is 16.6 Å². The summed E-state index contributed by atoms with van der Waals surface area (Å²) in [5.74, 6) is -4.46. The van der Waals surface area contributed by atoms with Gasteiger partial charge in [-0.05, 0) is 29.8 Å². The Hall–Kier alpha value is -4.02. The van der Waals surface area contributed by atoms with Crippen molar-refractivity contribution in [2.45, 2.75) is 6.54 Å². The van der Waals surface area contributed by atoms with Gasteiger partial charge in [-0.1, -0.05) is 0 Å². The fraction of sp³-hybridized carbons (Fsp3) is 0.0588. The number of hydrogen-bond donors (Lipinski definition) is 2. The minimum atomic E-state index is -1.59. The third kappa shape index (κ3) is 4.20. The second-order valence-electron chi connectivity index (χ2n) is 5.46. The van der Waals surface area contributed by atoms with Crippen LogP contribution in [0.4, 0.5) is 19.3 Å². The van der Waals surface area contributed by atoms with Crippen LogP contribution in [-0.4, -0.2) is 27.7 Å². The van der Waals surface area contributed by atoms with Crippen LogP contribution < -0.4 is 15.9 Å². The summed E-state index contributed by atoms with van der Waals surface area (Å²) in [7, 11) is 0. The van der Waals surface area contributed by atoms with Crippen LogP contribution in [0.25, 0.3) is 11.0 Å². The first-order chi connectivity index (χ1) is 13.3. The maximum absolute atomic E-state index is 13.3. The van der Waals surface area contributed by atoms with E-state index in [9.17, 15) is 23.2 Å². The van der Waals surface area contributed by atoms with Gasteiger partial charge in [0.25, 0.3) is 0 Å². The lowest BCUT2D eigenvalue weighted by Crippen LogP contribution is -2.32. The maximum atomic E-state index is 13.3. The van der Waals surface area contributed by atoms with Gasteiger partial charge in [0.15, 0.2) is 5.65 Å². The number of primary amides is 1. The molecule has 2 aromatic heterocycles. The minimum Gasteiger partial charge on any atom is -0.380 e. The van der Waals surface area contributed by atoms with E-state index in [1.165, 1.54) is 30.6 Å². The van der Waals surface area contributed by atoms with E-state index < -0.39 is 29.7 Å². The smallest absolute Gasteiger partial charge is 0.380 e. The van der Waals surface area contributed by atoms with Gasteiger partial charge in [0.2, 0.25) is 0 Å². The van der Waals surface area contributed by atoms with Crippen LogP contribution in [0.15, 0.2) is 42.7 Å². The molecule has 1 aromatic carbocycles. The first-order valence-corrected chi connectivity index (χ1v) is 7.72. The Morgan fingerprint density at radius 1 is 1.11 bits per heavy atom. The Balaban J connectivity index is 1.78. The molecule has 3 N–H and O–H groups in total. The first-order valence-electron chi connectivity index (χ1n) is 7.72. The van der Waals surface area contributed by atoms with Gasteiger partial charge >= 0.3 is 18.0 Å². The van der Waals surface area contributed by atoms with Crippen molar-refractivity contribution >= 4 is 34.8 Å². The molecule has 144 valence electrons. The number of nitrogens with two attached hydrogens (primary N) is 1. The molecule has 0 fully saturated rings. The van der Waals surface area contributed by atoms with Crippen LogP contribution in [-0.2, 0) is 20.9 Å². The number of ether oxygens (including phenoxy) is 1. The van der Waals surface area contributed by atoms with Crippen LogP contribution in [0.2, 0.25) is 0 Å². The third-order valence-electron chi connectivity index (χ3n) is 3.50. The zero-order chi connectivity index (χ0) is 20.3. The van der Waals surface area contributed by atoms with Crippen LogP contribution in [0.1, 0.15) is 5.56 Å². The number of carbonyl (C=O) groups is 3. The predicted molar refractivity (Wildman–Crippen MR) is 90.7 cm³/mol. The molecule has 0 saturated carbocycles. The highest BCUT2D eigenvalue weighted by atomic mass is 19.1. The molecule has 0 spiro atoms. The number of anilines is 1. The highest BCUT2D eigenvalue weighted by molar-refractivity contribution is 6.31. The molecule has 3 rings (SSSR count). The van der Waals surface area contributed by atoms with Gasteiger partial charge in [-0.25, -0.2) is 28.1 Å². The highest BCUT2D eigenvalue weighted by Gasteiger charge is 2.22. The van der Waals surface area contributed by atoms with E-state index in [4.69, 9.17) is 4.84 Å². The lowest BCUT2D eigenvalue weighted by atomic mass is 10.2. The fourth-order valence-electron chi connectivity index (χ4n) is 2.41. The zero-order valence-corrected chi connectivity index (χ0v) is 14.0. The summed E-state index contributed by atoms with van der Waals surface area (Å²) in [5.41, 5.74) is 5.72. The average Bonchev–Trinajstić information content (AvgIpc) is 3.02. The lowest BCUT2D eigenvalue weighted by Gasteiger charge is -2.09. The summed E-state index contributed by atoms with van der Waals surface area (Å²) in [6.07, 6.45) is 1.25. The summed E-state index contributed by atoms with van der Waals surface area (Å²) in [5, 5.41) is 3.49. The van der Waals surface area contributed by atoms with Gasteiger partial charge in [-0.2, -0.15) is 4.73 Å². The van der Waals surface area contributed by atoms with Crippen molar-refractivity contribution in [1.29, 1.82) is 0 Å². The molecule has 11 heteroatoms. The Labute approximate surface area is 155 Å². The van der Waals surface area contributed by atoms with Gasteiger partial charge in [-0.3, -0.25) is 0 Å². The monoisotopic (exact) mass is 390 g/mol. The predicted octanol–water partition coefficient (Wildman–Crippen LogP) is 1.50. The molecule has 9 nitrogen and oxygen atoms in total. The number of nitrogens with one attached hydrogen (secondary N) is 1. The van der Waals surface area contributed by atoms with Crippen LogP contribution in [0.3, 0.4) is 0 Å². The normalized spacial score (nSPS) is 10.5. The van der Waals surface area contributed by atoms with Crippen molar-refractivity contribution < 1.29 is 32.7 Å². The van der Waals surface area contributed by atoms with E-state index in [1.54, 1.807) is 6.07 Å². The van der Waals surface area contributed by atoms with Crippen molar-refractivity contribution in [3.63, 3.8) is 0 Å². The highest BCUT2D eigenvalue weighted by Crippen LogP contribution is 2.23. The molecule has 28 heavy (non-hydrogen) atoms. The molecule has 0 aliphatic carbocycles. The Morgan fingerprint density at radius 2 is 1.82 bits per heavy atom. The molecule has 0 bridgehead atoms. The molecule has 3 aromatic rings. The van der Waals surface area contributed by atoms with E-state index in [1.807, 2.05) is 0 Å². The van der Waals surface area contributed by atoms with E-state index in [2.05, 4.69) is 20.8 Å². The van der Waals surface area contributed by atoms with E-state index in [0.717, 1.165) is 10.8 Å². The number of fused-ring (bicyclic) bond motifs is 1. The lowest BCUT2D eigenvalue weighted by molar-refractivity contribution is -0.163. The molecule has 1 amide bonds. The number of nitrogens with zero attached hydrogens (tertiary/aromatic N) is 2. The van der Waals surface area contributed by atoms with E-state index in [-0.39, 0.29) is 12.2 Å². The summed E-state index contributed by atoms with van der Waals surface area (Å²) < 4.78 is 31.4. The molecular weight excluding hydrogens is 378 g/mol. The number of pyridine rings is 1. The minimum absolute atomic E-state index is 0.115. The second kappa shape index (κ2) is 7.70. The maximum Gasteiger partial charge on any atom is 0.442 e. The summed E-state index contributed by atoms with van der Waals surface area (Å²) in [6, 6.07) is 6.28. The Bertz CT molecular complexity index is 1060. The van der Waals surface area contributed by atoms with Gasteiger partial charge in [0.05, 0.1) is 0 Å². The van der Waals surface area contributed by atoms with Crippen LogP contribution >= 0.6 is 0 Å². The molecule has 0 atom stereocenters. The number of carbonyl (C=O) groups excluding carboxylic acids is 3. The number of halogens is 2. The van der Waals surface area contributed by atoms with Crippen molar-refractivity contribution in [1.82, 2.24) is 9.71 Å². The molecule has 0 radical (unpaired) electrons. The summed E-state index contributed by atoms with van der Waals surface area (Å²) in [6.45, 7) is 0.115. The van der Waals surface area contributed by atoms with Gasteiger partial charge in [0.1, 0.15) is 11.6 Å². The Kier molecular flexibility index (Phi) is 5.16. The molecule has 0 unspecified atom stereocenters. The largest absolute Gasteiger partial charge is 0.442 e. The fourth-order valence-corrected chi connectivity index (χ4v) is 2.41. The number of amides is 1. The summed E-state index contributed by atoms with van der Waals surface area (Å²) >= 11 is 0. The number of rotatable bonds is 4. The molecule has 0 aliphatic heterocycles. The van der Waals surface area contributed by atoms with Gasteiger partial charge in [-0.15, -0.1) is 0 Å².